The summed E-state index contributed by atoms with van der Waals surface area (Å²) in [4.78, 5) is 71.9. The van der Waals surface area contributed by atoms with Crippen LogP contribution in [0.4, 0.5) is 15.8 Å². The van der Waals surface area contributed by atoms with Gasteiger partial charge in [-0.2, -0.15) is 5.01 Å². The van der Waals surface area contributed by atoms with Crippen LogP contribution in [-0.2, 0) is 24.6 Å². The molecular formula is C44H37ClFN3O8. The third-order valence-electron chi connectivity index (χ3n) is 11.8. The number of phenols is 1. The Hall–Kier alpha value is -6.27. The lowest BCUT2D eigenvalue weighted by atomic mass is 9.50. The fourth-order valence-electron chi connectivity index (χ4n) is 9.22. The van der Waals surface area contributed by atoms with Crippen molar-refractivity contribution in [3.05, 3.63) is 130 Å². The molecule has 4 aromatic carbocycles. The van der Waals surface area contributed by atoms with Gasteiger partial charge in [0.2, 0.25) is 17.6 Å². The number of methoxy groups -OCH3 is 2. The van der Waals surface area contributed by atoms with Crippen molar-refractivity contribution < 1.29 is 42.9 Å². The van der Waals surface area contributed by atoms with Crippen LogP contribution in [-0.4, -0.2) is 53.7 Å². The highest BCUT2D eigenvalue weighted by atomic mass is 35.5. The summed E-state index contributed by atoms with van der Waals surface area (Å²) in [5.41, 5.74) is 4.21. The Morgan fingerprint density at radius 3 is 2.16 bits per heavy atom. The van der Waals surface area contributed by atoms with Crippen LogP contribution in [0.15, 0.2) is 103 Å². The highest BCUT2D eigenvalue weighted by Gasteiger charge is 2.69. The first kappa shape index (κ1) is 37.6. The van der Waals surface area contributed by atoms with Crippen LogP contribution < -0.4 is 19.8 Å². The number of ether oxygens (including phenoxy) is 2. The number of ketones is 1. The van der Waals surface area contributed by atoms with Crippen molar-refractivity contribution in [3.63, 3.8) is 0 Å². The van der Waals surface area contributed by atoms with Crippen molar-refractivity contribution in [3.8, 4) is 17.2 Å². The number of halogens is 2. The van der Waals surface area contributed by atoms with E-state index < -0.39 is 58.5 Å². The number of rotatable bonds is 9. The van der Waals surface area contributed by atoms with Gasteiger partial charge >= 0.3 is 0 Å². The normalized spacial score (nSPS) is 25.3. The minimum Gasteiger partial charge on any atom is -0.502 e. The zero-order valence-electron chi connectivity index (χ0n) is 31.1. The number of imide groups is 2. The van der Waals surface area contributed by atoms with E-state index in [1.54, 1.807) is 66.7 Å². The highest BCUT2D eigenvalue weighted by molar-refractivity contribution is 6.30. The molecule has 0 spiro atoms. The number of carbonyl (C=O) groups excluding carboxylic acids is 5. The number of amides is 4. The zero-order chi connectivity index (χ0) is 40.3. The monoisotopic (exact) mass is 789 g/mol. The van der Waals surface area contributed by atoms with E-state index >= 15 is 4.79 Å². The first-order chi connectivity index (χ1) is 27.4. The van der Waals surface area contributed by atoms with Crippen molar-refractivity contribution in [2.45, 2.75) is 25.2 Å². The van der Waals surface area contributed by atoms with Gasteiger partial charge in [0, 0.05) is 16.5 Å². The van der Waals surface area contributed by atoms with Gasteiger partial charge < -0.3 is 14.6 Å². The topological polar surface area (TPSA) is 143 Å². The predicted molar refractivity (Wildman–Crippen MR) is 209 cm³/mol. The fraction of sp³-hybridized carbons (Fsp3) is 0.250. The number of anilines is 2. The molecule has 4 aliphatic rings. The summed E-state index contributed by atoms with van der Waals surface area (Å²) >= 11 is 6.38. The van der Waals surface area contributed by atoms with Crippen LogP contribution in [0.1, 0.15) is 41.3 Å². The Morgan fingerprint density at radius 2 is 1.54 bits per heavy atom. The van der Waals surface area contributed by atoms with Crippen LogP contribution in [0.5, 0.6) is 17.2 Å². The maximum Gasteiger partial charge on any atom is 0.260 e. The zero-order valence-corrected chi connectivity index (χ0v) is 31.8. The van der Waals surface area contributed by atoms with Crippen LogP contribution in [0, 0.1) is 35.4 Å². The molecule has 3 fully saturated rings. The number of phenolic OH excluding ortho intramolecular Hbond substituents is 1. The van der Waals surface area contributed by atoms with E-state index in [1.165, 1.54) is 50.3 Å². The number of aromatic hydroxyl groups is 1. The third-order valence-corrected chi connectivity index (χ3v) is 12.1. The summed E-state index contributed by atoms with van der Waals surface area (Å²) in [7, 11) is 2.81. The summed E-state index contributed by atoms with van der Waals surface area (Å²) in [5.74, 6) is -6.57. The lowest BCUT2D eigenvalue weighted by Gasteiger charge is -2.49. The molecule has 0 bridgehead atoms. The largest absolute Gasteiger partial charge is 0.502 e. The molecule has 2 saturated heterocycles. The SMILES string of the molecule is COc1cc(C=C[C@H]2C3=CC[C@@H]4C(=O)N(c5ccc(C(C)=O)cc5)C(=O)[C@@H]4[C@@H]3C[C@H]3C(=O)N(Nc4ccc(F)cc4)C(=O)[C@@]23c2ccc(Cl)cc2)cc(OC)c1O. The maximum absolute atomic E-state index is 15.3. The van der Waals surface area contributed by atoms with Gasteiger partial charge in [0.25, 0.3) is 11.8 Å². The number of nitrogens with zero attached hydrogens (tertiary/aromatic N) is 2. The molecule has 13 heteroatoms. The lowest BCUT2D eigenvalue weighted by Crippen LogP contribution is -2.54. The van der Waals surface area contributed by atoms with Crippen molar-refractivity contribution in [2.75, 3.05) is 24.5 Å². The molecule has 57 heavy (non-hydrogen) atoms. The fourth-order valence-corrected chi connectivity index (χ4v) is 9.34. The molecule has 2 N–H and O–H groups in total. The number of hydrogen-bond acceptors (Lipinski definition) is 9. The molecule has 0 radical (unpaired) electrons. The summed E-state index contributed by atoms with van der Waals surface area (Å²) in [6, 6.07) is 21.5. The van der Waals surface area contributed by atoms with E-state index in [1.807, 2.05) is 12.2 Å². The molecule has 4 aromatic rings. The second-order valence-electron chi connectivity index (χ2n) is 14.7. The van der Waals surface area contributed by atoms with Gasteiger partial charge in [-0.1, -0.05) is 47.5 Å². The van der Waals surface area contributed by atoms with Crippen molar-refractivity contribution in [1.82, 2.24) is 5.01 Å². The second-order valence-corrected chi connectivity index (χ2v) is 15.1. The summed E-state index contributed by atoms with van der Waals surface area (Å²) in [5, 5.41) is 12.0. The van der Waals surface area contributed by atoms with E-state index in [9.17, 15) is 28.7 Å². The number of hydrogen-bond donors (Lipinski definition) is 2. The van der Waals surface area contributed by atoms with E-state index in [-0.39, 0.29) is 41.8 Å². The number of hydrazine groups is 1. The Bertz CT molecular complexity index is 2370. The highest BCUT2D eigenvalue weighted by Crippen LogP contribution is 2.62. The number of benzene rings is 4. The molecule has 4 amide bonds. The average molecular weight is 790 g/mol. The summed E-state index contributed by atoms with van der Waals surface area (Å²) in [6.45, 7) is 1.43. The van der Waals surface area contributed by atoms with E-state index in [0.29, 0.717) is 33.1 Å². The number of Topliss-reactive ketones (excluding diaryl/α,β-unsaturated/α-hetero) is 1. The number of carbonyl (C=O) groups is 5. The number of nitrogens with one attached hydrogen (secondary N) is 1. The minimum absolute atomic E-state index is 0.0587. The molecule has 290 valence electrons. The molecule has 8 rings (SSSR count). The first-order valence-corrected chi connectivity index (χ1v) is 18.7. The predicted octanol–water partition coefficient (Wildman–Crippen LogP) is 7.14. The average Bonchev–Trinajstić information content (AvgIpc) is 3.59. The van der Waals surface area contributed by atoms with Gasteiger partial charge in [-0.3, -0.25) is 34.3 Å². The second kappa shape index (κ2) is 14.3. The number of fused-ring (bicyclic) bond motifs is 4. The minimum atomic E-state index is -1.57. The Labute approximate surface area is 332 Å². The molecule has 11 nitrogen and oxygen atoms in total. The standard InChI is InChI=1S/C44H37ClFN3O8/c1-23(50)25-5-15-30(16-6-25)48-40(52)32-18-17-31-33(38(32)42(48)54)22-35-41(53)49(47-29-13-11-28(46)12-14-29)43(55)44(35,26-7-9-27(45)10-8-26)34(31)19-4-24-20-36(56-2)39(51)37(21-24)57-3/h4-17,19-21,32-35,38,47,51H,18,22H2,1-3H3/t32-,33+,34-,35-,38-,44-/m0/s1. The lowest BCUT2D eigenvalue weighted by molar-refractivity contribution is -0.139. The van der Waals surface area contributed by atoms with Gasteiger partial charge in [0.05, 0.1) is 48.8 Å². The summed E-state index contributed by atoms with van der Waals surface area (Å²) in [6.07, 6.45) is 5.75. The molecule has 2 aliphatic heterocycles. The van der Waals surface area contributed by atoms with Crippen molar-refractivity contribution in [1.29, 1.82) is 0 Å². The van der Waals surface area contributed by atoms with Crippen molar-refractivity contribution in [2.24, 2.45) is 29.6 Å². The van der Waals surface area contributed by atoms with Gasteiger partial charge in [-0.05, 0) is 110 Å². The molecular weight excluding hydrogens is 753 g/mol. The third kappa shape index (κ3) is 5.97. The van der Waals surface area contributed by atoms with Gasteiger partial charge in [-0.25, -0.2) is 4.39 Å². The Morgan fingerprint density at radius 1 is 0.895 bits per heavy atom. The van der Waals surface area contributed by atoms with Gasteiger partial charge in [0.1, 0.15) is 5.82 Å². The summed E-state index contributed by atoms with van der Waals surface area (Å²) < 4.78 is 24.7. The van der Waals surface area contributed by atoms with E-state index in [2.05, 4.69) is 5.43 Å². The van der Waals surface area contributed by atoms with Crippen LogP contribution in [0.3, 0.4) is 0 Å². The van der Waals surface area contributed by atoms with Gasteiger partial charge in [0.15, 0.2) is 17.3 Å². The first-order valence-electron chi connectivity index (χ1n) is 18.4. The molecule has 0 aromatic heterocycles. The quantitative estimate of drug-likeness (QED) is 0.103. The molecule has 1 saturated carbocycles. The smallest absolute Gasteiger partial charge is 0.260 e. The van der Waals surface area contributed by atoms with E-state index in [0.717, 1.165) is 10.6 Å². The van der Waals surface area contributed by atoms with E-state index in [4.69, 9.17) is 21.1 Å². The Balaban J connectivity index is 1.29. The number of allylic oxidation sites excluding steroid dienone is 3. The maximum atomic E-state index is 15.3. The van der Waals surface area contributed by atoms with Gasteiger partial charge in [-0.15, -0.1) is 0 Å². The van der Waals surface area contributed by atoms with Crippen LogP contribution in [0.2, 0.25) is 5.02 Å². The van der Waals surface area contributed by atoms with Crippen LogP contribution in [0.25, 0.3) is 6.08 Å². The molecule has 2 heterocycles. The Kier molecular flexibility index (Phi) is 9.47. The van der Waals surface area contributed by atoms with Crippen molar-refractivity contribution >= 4 is 58.5 Å². The molecule has 6 atom stereocenters. The van der Waals surface area contributed by atoms with Crippen LogP contribution >= 0.6 is 11.6 Å². The molecule has 0 unspecified atom stereocenters. The molecule has 2 aliphatic carbocycles.